The van der Waals surface area contributed by atoms with Crippen molar-refractivity contribution in [3.05, 3.63) is 29.3 Å². The van der Waals surface area contributed by atoms with Crippen LogP contribution in [-0.2, 0) is 0 Å². The number of hydrogen-bond acceptors (Lipinski definition) is 4. The van der Waals surface area contributed by atoms with Gasteiger partial charge in [-0.1, -0.05) is 24.2 Å². The topological polar surface area (TPSA) is 67.8 Å². The van der Waals surface area contributed by atoms with Crippen LogP contribution in [0.1, 0.15) is 18.1 Å². The molecule has 3 N–H and O–H groups in total. The number of benzene rings is 1. The third kappa shape index (κ3) is 4.19. The van der Waals surface area contributed by atoms with E-state index in [9.17, 15) is 0 Å². The third-order valence-corrected chi connectivity index (χ3v) is 3.14. The molecule has 94 valence electrons. The zero-order valence-electron chi connectivity index (χ0n) is 10.1. The number of ether oxygens (including phenoxy) is 1. The Hall–Kier alpha value is -1.36. The van der Waals surface area contributed by atoms with Crippen molar-refractivity contribution in [1.29, 1.82) is 0 Å². The van der Waals surface area contributed by atoms with E-state index < -0.39 is 0 Å². The van der Waals surface area contributed by atoms with Crippen molar-refractivity contribution in [2.45, 2.75) is 13.8 Å². The van der Waals surface area contributed by atoms with Crippen molar-refractivity contribution >= 4 is 17.6 Å². The number of rotatable bonds is 6. The highest BCUT2D eigenvalue weighted by Crippen LogP contribution is 2.19. The summed E-state index contributed by atoms with van der Waals surface area (Å²) in [4.78, 5) is 0. The highest BCUT2D eigenvalue weighted by molar-refractivity contribution is 7.99. The molecule has 17 heavy (non-hydrogen) atoms. The quantitative estimate of drug-likeness (QED) is 0.268. The first-order chi connectivity index (χ1) is 8.19. The van der Waals surface area contributed by atoms with Gasteiger partial charge in [-0.25, -0.2) is 0 Å². The van der Waals surface area contributed by atoms with Gasteiger partial charge in [0.15, 0.2) is 5.84 Å². The van der Waals surface area contributed by atoms with Crippen molar-refractivity contribution in [3.8, 4) is 5.75 Å². The van der Waals surface area contributed by atoms with E-state index in [0.717, 1.165) is 22.8 Å². The van der Waals surface area contributed by atoms with Crippen molar-refractivity contribution in [2.24, 2.45) is 10.9 Å². The van der Waals surface area contributed by atoms with Gasteiger partial charge in [0.1, 0.15) is 5.75 Å². The second-order valence-corrected chi connectivity index (χ2v) is 4.90. The van der Waals surface area contributed by atoms with Gasteiger partial charge in [-0.3, -0.25) is 0 Å². The summed E-state index contributed by atoms with van der Waals surface area (Å²) in [6.45, 7) is 4.76. The van der Waals surface area contributed by atoms with Crippen LogP contribution in [-0.4, -0.2) is 29.2 Å². The molecule has 0 bridgehead atoms. The Labute approximate surface area is 106 Å². The average molecular weight is 254 g/mol. The summed E-state index contributed by atoms with van der Waals surface area (Å²) in [6, 6.07) is 5.49. The molecule has 0 spiro atoms. The summed E-state index contributed by atoms with van der Waals surface area (Å²) in [5.41, 5.74) is 7.24. The van der Waals surface area contributed by atoms with E-state index in [1.54, 1.807) is 12.1 Å². The molecule has 0 heterocycles. The second-order valence-electron chi connectivity index (χ2n) is 3.51. The van der Waals surface area contributed by atoms with Crippen LogP contribution in [0.5, 0.6) is 5.75 Å². The zero-order valence-corrected chi connectivity index (χ0v) is 11.0. The molecule has 5 heteroatoms. The monoisotopic (exact) mass is 254 g/mol. The van der Waals surface area contributed by atoms with Gasteiger partial charge in [0.25, 0.3) is 0 Å². The first-order valence-electron chi connectivity index (χ1n) is 5.48. The third-order valence-electron chi connectivity index (χ3n) is 2.28. The Morgan fingerprint density at radius 3 is 2.94 bits per heavy atom. The highest BCUT2D eigenvalue weighted by Gasteiger charge is 2.04. The molecule has 0 saturated carbocycles. The van der Waals surface area contributed by atoms with Crippen LogP contribution >= 0.6 is 11.8 Å². The molecule has 0 aliphatic carbocycles. The van der Waals surface area contributed by atoms with Gasteiger partial charge in [0.2, 0.25) is 0 Å². The van der Waals surface area contributed by atoms with Gasteiger partial charge >= 0.3 is 0 Å². The number of aryl methyl sites for hydroxylation is 1. The lowest BCUT2D eigenvalue weighted by Gasteiger charge is -2.10. The van der Waals surface area contributed by atoms with Crippen LogP contribution in [0.4, 0.5) is 0 Å². The molecule has 0 aromatic heterocycles. The van der Waals surface area contributed by atoms with Crippen LogP contribution in [0.25, 0.3) is 0 Å². The maximum Gasteiger partial charge on any atom is 0.170 e. The van der Waals surface area contributed by atoms with Crippen molar-refractivity contribution < 1.29 is 9.94 Å². The lowest BCUT2D eigenvalue weighted by molar-refractivity contribution is 0.318. The molecule has 4 nitrogen and oxygen atoms in total. The predicted octanol–water partition coefficient (Wildman–Crippen LogP) is 2.22. The molecule has 0 radical (unpaired) electrons. The molecule has 0 aliphatic rings. The van der Waals surface area contributed by atoms with Crippen LogP contribution in [0.3, 0.4) is 0 Å². The number of nitrogens with two attached hydrogens (primary N) is 1. The molecule has 0 amide bonds. The summed E-state index contributed by atoms with van der Waals surface area (Å²) in [5.74, 6) is 2.93. The number of oxime groups is 1. The van der Waals surface area contributed by atoms with Gasteiger partial charge in [0.05, 0.1) is 6.61 Å². The summed E-state index contributed by atoms with van der Waals surface area (Å²) in [7, 11) is 0. The fourth-order valence-corrected chi connectivity index (χ4v) is 1.82. The van der Waals surface area contributed by atoms with Crippen LogP contribution in [0.15, 0.2) is 23.4 Å². The van der Waals surface area contributed by atoms with Gasteiger partial charge in [-0.15, -0.1) is 0 Å². The highest BCUT2D eigenvalue weighted by atomic mass is 32.2. The number of hydrogen-bond donors (Lipinski definition) is 2. The summed E-state index contributed by atoms with van der Waals surface area (Å²) < 4.78 is 5.66. The minimum atomic E-state index is 0.0952. The largest absolute Gasteiger partial charge is 0.492 e. The van der Waals surface area contributed by atoms with Crippen LogP contribution < -0.4 is 10.5 Å². The molecule has 1 rings (SSSR count). The summed E-state index contributed by atoms with van der Waals surface area (Å²) in [5, 5.41) is 11.6. The first-order valence-corrected chi connectivity index (χ1v) is 6.63. The zero-order chi connectivity index (χ0) is 12.7. The maximum absolute atomic E-state index is 8.61. The van der Waals surface area contributed by atoms with E-state index in [0.29, 0.717) is 12.2 Å². The predicted molar refractivity (Wildman–Crippen MR) is 72.2 cm³/mol. The SMILES string of the molecule is CCSCCOc1cc(/C(N)=N/O)ccc1C. The summed E-state index contributed by atoms with van der Waals surface area (Å²) in [6.07, 6.45) is 0. The number of amidine groups is 1. The number of nitrogens with zero attached hydrogens (tertiary/aromatic N) is 1. The average Bonchev–Trinajstić information content (AvgIpc) is 2.35. The molecular formula is C12H18N2O2S. The normalized spacial score (nSPS) is 11.5. The lowest BCUT2D eigenvalue weighted by Crippen LogP contribution is -2.13. The van der Waals surface area contributed by atoms with Crippen molar-refractivity contribution in [3.63, 3.8) is 0 Å². The molecule has 0 fully saturated rings. The fourth-order valence-electron chi connectivity index (χ4n) is 1.33. The first kappa shape index (κ1) is 13.7. The van der Waals surface area contributed by atoms with E-state index in [4.69, 9.17) is 15.7 Å². The second kappa shape index (κ2) is 7.06. The van der Waals surface area contributed by atoms with Gasteiger partial charge in [-0.05, 0) is 24.3 Å². The van der Waals surface area contributed by atoms with E-state index in [-0.39, 0.29) is 5.84 Å². The van der Waals surface area contributed by atoms with E-state index in [1.165, 1.54) is 0 Å². The van der Waals surface area contributed by atoms with E-state index in [1.807, 2.05) is 24.8 Å². The van der Waals surface area contributed by atoms with E-state index in [2.05, 4.69) is 12.1 Å². The van der Waals surface area contributed by atoms with Crippen molar-refractivity contribution in [2.75, 3.05) is 18.1 Å². The standard InChI is InChI=1S/C12H18N2O2S/c1-3-17-7-6-16-11-8-10(12(13)14-15)5-4-9(11)2/h4-5,8,15H,3,6-7H2,1-2H3,(H2,13,14). The van der Waals surface area contributed by atoms with Gasteiger partial charge < -0.3 is 15.7 Å². The Morgan fingerprint density at radius 1 is 1.53 bits per heavy atom. The Balaban J connectivity index is 2.70. The van der Waals surface area contributed by atoms with Gasteiger partial charge in [-0.2, -0.15) is 11.8 Å². The molecule has 0 atom stereocenters. The molecule has 1 aromatic rings. The molecule has 0 unspecified atom stereocenters. The summed E-state index contributed by atoms with van der Waals surface area (Å²) >= 11 is 1.83. The van der Waals surface area contributed by atoms with E-state index >= 15 is 0 Å². The molecular weight excluding hydrogens is 236 g/mol. The van der Waals surface area contributed by atoms with Crippen molar-refractivity contribution in [1.82, 2.24) is 0 Å². The Morgan fingerprint density at radius 2 is 2.29 bits per heavy atom. The fraction of sp³-hybridized carbons (Fsp3) is 0.417. The minimum absolute atomic E-state index is 0.0952. The minimum Gasteiger partial charge on any atom is -0.492 e. The molecule has 0 aliphatic heterocycles. The molecule has 1 aromatic carbocycles. The Kier molecular flexibility index (Phi) is 5.69. The Bertz CT molecular complexity index is 394. The van der Waals surface area contributed by atoms with Gasteiger partial charge in [0, 0.05) is 11.3 Å². The maximum atomic E-state index is 8.61. The lowest BCUT2D eigenvalue weighted by atomic mass is 10.1. The molecule has 0 saturated heterocycles. The number of thioether (sulfide) groups is 1. The van der Waals surface area contributed by atoms with Crippen LogP contribution in [0, 0.1) is 6.92 Å². The van der Waals surface area contributed by atoms with Crippen LogP contribution in [0.2, 0.25) is 0 Å². The smallest absolute Gasteiger partial charge is 0.170 e.